The third kappa shape index (κ3) is 7.43. The van der Waals surface area contributed by atoms with Gasteiger partial charge in [-0.05, 0) is 30.2 Å². The van der Waals surface area contributed by atoms with Crippen molar-refractivity contribution >= 4 is 41.2 Å². The van der Waals surface area contributed by atoms with Crippen molar-refractivity contribution in [1.29, 1.82) is 0 Å². The third-order valence-electron chi connectivity index (χ3n) is 4.34. The molecule has 0 aliphatic rings. The highest BCUT2D eigenvalue weighted by molar-refractivity contribution is 6.36. The lowest BCUT2D eigenvalue weighted by atomic mass is 10.0. The molecule has 0 aliphatic heterocycles. The molecule has 0 aliphatic carbocycles. The Morgan fingerprint density at radius 2 is 1.61 bits per heavy atom. The first kappa shape index (κ1) is 24.5. The van der Waals surface area contributed by atoms with Crippen LogP contribution in [-0.4, -0.2) is 46.4 Å². The van der Waals surface area contributed by atoms with Gasteiger partial charge in [0.25, 0.3) is 0 Å². The summed E-state index contributed by atoms with van der Waals surface area (Å²) in [5.74, 6) is -2.23. The van der Waals surface area contributed by atoms with E-state index in [1.54, 1.807) is 42.5 Å². The van der Waals surface area contributed by atoms with Gasteiger partial charge in [-0.1, -0.05) is 59.6 Å². The number of benzene rings is 2. The second-order valence-corrected chi connectivity index (χ2v) is 7.54. The van der Waals surface area contributed by atoms with Crippen LogP contribution in [0.4, 0.5) is 4.79 Å². The summed E-state index contributed by atoms with van der Waals surface area (Å²) < 4.78 is 5.05. The molecular weight excluding hydrogens is 447 g/mol. The molecule has 0 saturated heterocycles. The van der Waals surface area contributed by atoms with E-state index in [1.165, 1.54) is 6.92 Å². The second kappa shape index (κ2) is 11.5. The number of ether oxygens (including phenoxy) is 1. The van der Waals surface area contributed by atoms with Crippen molar-refractivity contribution < 1.29 is 29.3 Å². The fourth-order valence-corrected chi connectivity index (χ4v) is 3.24. The van der Waals surface area contributed by atoms with Crippen molar-refractivity contribution in [2.45, 2.75) is 38.1 Å². The molecule has 4 N–H and O–H groups in total. The molecule has 31 heavy (non-hydrogen) atoms. The summed E-state index contributed by atoms with van der Waals surface area (Å²) in [5, 5.41) is 24.5. The monoisotopic (exact) mass is 468 g/mol. The van der Waals surface area contributed by atoms with Crippen molar-refractivity contribution in [1.82, 2.24) is 10.6 Å². The molecule has 0 fully saturated rings. The standard InChI is InChI=1S/C21H22Cl2N2O6/c1-12(26)18(25-21(30)31-11-13-6-3-2-4-7-13)19(27)24-17(20(28)29)10-14-15(22)8-5-9-16(14)23/h2-9,12,17-18,26H,10-11H2,1H3,(H,24,27)(H,25,30)(H,28,29)/t12-,17+,18+/m1/s1. The maximum atomic E-state index is 12.6. The predicted octanol–water partition coefficient (Wildman–Crippen LogP) is 2.78. The predicted molar refractivity (Wildman–Crippen MR) is 115 cm³/mol. The lowest BCUT2D eigenvalue weighted by molar-refractivity contribution is -0.142. The Morgan fingerprint density at radius 1 is 1.00 bits per heavy atom. The SMILES string of the molecule is C[C@@H](O)[C@H](NC(=O)OCc1ccccc1)C(=O)N[C@@H](Cc1c(Cl)cccc1Cl)C(=O)O. The molecule has 3 atom stereocenters. The van der Waals surface area contributed by atoms with Crippen LogP contribution in [0, 0.1) is 0 Å². The van der Waals surface area contributed by atoms with Crippen molar-refractivity contribution in [2.24, 2.45) is 0 Å². The summed E-state index contributed by atoms with van der Waals surface area (Å²) in [7, 11) is 0. The van der Waals surface area contributed by atoms with Gasteiger partial charge in [-0.15, -0.1) is 0 Å². The first-order valence-corrected chi connectivity index (χ1v) is 10.1. The number of aliphatic carboxylic acids is 1. The number of carboxylic acid groups (broad SMARTS) is 1. The highest BCUT2D eigenvalue weighted by Crippen LogP contribution is 2.25. The Balaban J connectivity index is 2.03. The van der Waals surface area contributed by atoms with Crippen LogP contribution in [0.15, 0.2) is 48.5 Å². The molecule has 166 valence electrons. The summed E-state index contributed by atoms with van der Waals surface area (Å²) in [6.45, 7) is 1.24. The molecule has 2 aromatic carbocycles. The molecule has 2 amide bonds. The van der Waals surface area contributed by atoms with E-state index in [2.05, 4.69) is 10.6 Å². The number of alkyl carbamates (subject to hydrolysis) is 1. The molecule has 2 rings (SSSR count). The minimum absolute atomic E-state index is 0.0381. The molecule has 0 spiro atoms. The van der Waals surface area contributed by atoms with Crippen molar-refractivity contribution in [2.75, 3.05) is 0 Å². The van der Waals surface area contributed by atoms with E-state index in [1.807, 2.05) is 6.07 Å². The van der Waals surface area contributed by atoms with Gasteiger partial charge in [0.15, 0.2) is 0 Å². The maximum absolute atomic E-state index is 12.6. The lowest BCUT2D eigenvalue weighted by Crippen LogP contribution is -2.56. The Hall–Kier alpha value is -2.81. The molecule has 10 heteroatoms. The molecule has 0 aromatic heterocycles. The van der Waals surface area contributed by atoms with Gasteiger partial charge >= 0.3 is 12.1 Å². The Bertz CT molecular complexity index is 903. The van der Waals surface area contributed by atoms with Gasteiger partial charge in [0.05, 0.1) is 6.10 Å². The lowest BCUT2D eigenvalue weighted by Gasteiger charge is -2.23. The first-order valence-electron chi connectivity index (χ1n) is 9.30. The van der Waals surface area contributed by atoms with E-state index in [0.717, 1.165) is 5.56 Å². The van der Waals surface area contributed by atoms with Crippen LogP contribution in [0.5, 0.6) is 0 Å². The summed E-state index contributed by atoms with van der Waals surface area (Å²) >= 11 is 12.2. The quantitative estimate of drug-likeness (QED) is 0.448. The minimum Gasteiger partial charge on any atom is -0.480 e. The van der Waals surface area contributed by atoms with E-state index in [0.29, 0.717) is 5.56 Å². The van der Waals surface area contributed by atoms with Crippen LogP contribution in [0.2, 0.25) is 10.0 Å². The van der Waals surface area contributed by atoms with Gasteiger partial charge in [-0.3, -0.25) is 4.79 Å². The van der Waals surface area contributed by atoms with Crippen molar-refractivity contribution in [3.8, 4) is 0 Å². The summed E-state index contributed by atoms with van der Waals surface area (Å²) in [6.07, 6.45) is -2.45. The topological polar surface area (TPSA) is 125 Å². The van der Waals surface area contributed by atoms with Gasteiger partial charge in [0.2, 0.25) is 5.91 Å². The van der Waals surface area contributed by atoms with Crippen LogP contribution < -0.4 is 10.6 Å². The molecule has 0 radical (unpaired) electrons. The number of nitrogens with one attached hydrogen (secondary N) is 2. The average molecular weight is 469 g/mol. The number of carbonyl (C=O) groups excluding carboxylic acids is 2. The fourth-order valence-electron chi connectivity index (χ4n) is 2.69. The van der Waals surface area contributed by atoms with E-state index in [9.17, 15) is 24.6 Å². The van der Waals surface area contributed by atoms with Gasteiger partial charge in [-0.25, -0.2) is 9.59 Å². The molecule has 0 heterocycles. The minimum atomic E-state index is -1.44. The molecule has 0 saturated carbocycles. The Morgan fingerprint density at radius 3 is 2.16 bits per heavy atom. The van der Waals surface area contributed by atoms with Crippen LogP contribution in [0.1, 0.15) is 18.1 Å². The Labute approximate surface area is 189 Å². The van der Waals surface area contributed by atoms with Crippen molar-refractivity contribution in [3.63, 3.8) is 0 Å². The van der Waals surface area contributed by atoms with Crippen LogP contribution in [-0.2, 0) is 27.4 Å². The van der Waals surface area contributed by atoms with Crippen molar-refractivity contribution in [3.05, 3.63) is 69.7 Å². The van der Waals surface area contributed by atoms with Crippen LogP contribution >= 0.6 is 23.2 Å². The molecule has 0 unspecified atom stereocenters. The second-order valence-electron chi connectivity index (χ2n) is 6.73. The number of amides is 2. The zero-order chi connectivity index (χ0) is 23.0. The van der Waals surface area contributed by atoms with Gasteiger partial charge in [0.1, 0.15) is 18.7 Å². The summed E-state index contributed by atoms with van der Waals surface area (Å²) in [6, 6.07) is 10.7. The highest BCUT2D eigenvalue weighted by atomic mass is 35.5. The number of halogens is 2. The van der Waals surface area contributed by atoms with Gasteiger partial charge < -0.3 is 25.6 Å². The van der Waals surface area contributed by atoms with E-state index < -0.39 is 36.2 Å². The van der Waals surface area contributed by atoms with Crippen LogP contribution in [0.3, 0.4) is 0 Å². The average Bonchev–Trinajstić information content (AvgIpc) is 2.72. The highest BCUT2D eigenvalue weighted by Gasteiger charge is 2.31. The number of hydrogen-bond donors (Lipinski definition) is 4. The molecule has 8 nitrogen and oxygen atoms in total. The van der Waals surface area contributed by atoms with Crippen LogP contribution in [0.25, 0.3) is 0 Å². The van der Waals surface area contributed by atoms with E-state index >= 15 is 0 Å². The maximum Gasteiger partial charge on any atom is 0.408 e. The number of aliphatic hydroxyl groups is 1. The first-order chi connectivity index (χ1) is 14.7. The van der Waals surface area contributed by atoms with Gasteiger partial charge in [0, 0.05) is 16.5 Å². The number of hydrogen-bond acceptors (Lipinski definition) is 5. The molecule has 0 bridgehead atoms. The zero-order valence-electron chi connectivity index (χ0n) is 16.5. The largest absolute Gasteiger partial charge is 0.480 e. The fraction of sp³-hybridized carbons (Fsp3) is 0.286. The number of rotatable bonds is 9. The summed E-state index contributed by atoms with van der Waals surface area (Å²) in [4.78, 5) is 36.3. The van der Waals surface area contributed by atoms with Gasteiger partial charge in [-0.2, -0.15) is 0 Å². The smallest absolute Gasteiger partial charge is 0.408 e. The number of aliphatic hydroxyl groups excluding tert-OH is 1. The van der Waals surface area contributed by atoms with E-state index in [-0.39, 0.29) is 23.1 Å². The summed E-state index contributed by atoms with van der Waals surface area (Å²) in [5.41, 5.74) is 1.08. The Kier molecular flexibility index (Phi) is 9.11. The number of carbonyl (C=O) groups is 3. The number of carboxylic acids is 1. The third-order valence-corrected chi connectivity index (χ3v) is 5.04. The normalized spacial score (nSPS) is 13.5. The van der Waals surface area contributed by atoms with E-state index in [4.69, 9.17) is 27.9 Å². The molecule has 2 aromatic rings. The zero-order valence-corrected chi connectivity index (χ0v) is 18.1. The molecular formula is C21H22Cl2N2O6.